The van der Waals surface area contributed by atoms with Gasteiger partial charge in [-0.25, -0.2) is 13.2 Å². The third-order valence-electron chi connectivity index (χ3n) is 3.22. The molecule has 2 fully saturated rings. The third-order valence-corrected chi connectivity index (χ3v) is 3.22. The standard InChI is InChI=1S/C8H12F3N/c1-7-4-6(9)5-12(7)3-2-8(7,10)11/h6H,2-5H2,1H3/t6-,7-/m1/s1. The lowest BCUT2D eigenvalue weighted by molar-refractivity contribution is -0.0755. The van der Waals surface area contributed by atoms with Crippen molar-refractivity contribution >= 4 is 0 Å². The van der Waals surface area contributed by atoms with Crippen LogP contribution in [0.1, 0.15) is 19.8 Å². The summed E-state index contributed by atoms with van der Waals surface area (Å²) in [4.78, 5) is 1.58. The summed E-state index contributed by atoms with van der Waals surface area (Å²) in [5.41, 5.74) is -1.20. The Labute approximate surface area is 69.5 Å². The Balaban J connectivity index is 2.28. The van der Waals surface area contributed by atoms with Crippen LogP contribution in [0.3, 0.4) is 0 Å². The summed E-state index contributed by atoms with van der Waals surface area (Å²) in [6, 6.07) is 0. The Morgan fingerprint density at radius 1 is 1.42 bits per heavy atom. The molecule has 2 aliphatic heterocycles. The molecule has 0 spiro atoms. The number of hydrogen-bond acceptors (Lipinski definition) is 1. The van der Waals surface area contributed by atoms with E-state index in [-0.39, 0.29) is 19.4 Å². The predicted octanol–water partition coefficient (Wildman–Crippen LogP) is 1.83. The van der Waals surface area contributed by atoms with Gasteiger partial charge in [0.15, 0.2) is 0 Å². The van der Waals surface area contributed by atoms with E-state index in [1.165, 1.54) is 6.92 Å². The van der Waals surface area contributed by atoms with E-state index in [1.807, 2.05) is 0 Å². The van der Waals surface area contributed by atoms with Gasteiger partial charge in [0.1, 0.15) is 6.17 Å². The van der Waals surface area contributed by atoms with Crippen molar-refractivity contribution in [1.29, 1.82) is 0 Å². The molecule has 0 unspecified atom stereocenters. The molecule has 0 aromatic rings. The minimum absolute atomic E-state index is 0.0139. The van der Waals surface area contributed by atoms with E-state index < -0.39 is 17.6 Å². The number of nitrogens with zero attached hydrogens (tertiary/aromatic N) is 1. The van der Waals surface area contributed by atoms with Crippen LogP contribution in [-0.2, 0) is 0 Å². The molecule has 2 atom stereocenters. The van der Waals surface area contributed by atoms with Crippen molar-refractivity contribution < 1.29 is 13.2 Å². The first-order chi connectivity index (χ1) is 5.46. The molecule has 0 aliphatic carbocycles. The molecular weight excluding hydrogens is 167 g/mol. The SMILES string of the molecule is C[C@]12C[C@@H](F)CN1CCC2(F)F. The van der Waals surface area contributed by atoms with Crippen molar-refractivity contribution in [3.05, 3.63) is 0 Å². The monoisotopic (exact) mass is 179 g/mol. The highest BCUT2D eigenvalue weighted by Gasteiger charge is 2.62. The van der Waals surface area contributed by atoms with Crippen LogP contribution in [0.4, 0.5) is 13.2 Å². The Hall–Kier alpha value is -0.250. The molecule has 2 heterocycles. The first-order valence-corrected chi connectivity index (χ1v) is 4.23. The molecule has 0 N–H and O–H groups in total. The van der Waals surface area contributed by atoms with E-state index >= 15 is 0 Å². The van der Waals surface area contributed by atoms with Crippen LogP contribution in [0.5, 0.6) is 0 Å². The summed E-state index contributed by atoms with van der Waals surface area (Å²) in [7, 11) is 0. The minimum Gasteiger partial charge on any atom is -0.289 e. The van der Waals surface area contributed by atoms with Crippen LogP contribution in [0.2, 0.25) is 0 Å². The van der Waals surface area contributed by atoms with Gasteiger partial charge >= 0.3 is 0 Å². The van der Waals surface area contributed by atoms with Gasteiger partial charge in [-0.3, -0.25) is 4.90 Å². The quantitative estimate of drug-likeness (QED) is 0.548. The number of fused-ring (bicyclic) bond motifs is 1. The van der Waals surface area contributed by atoms with Gasteiger partial charge in [0.2, 0.25) is 0 Å². The number of halogens is 3. The summed E-state index contributed by atoms with van der Waals surface area (Å²) in [5, 5.41) is 0. The fourth-order valence-electron chi connectivity index (χ4n) is 2.33. The smallest absolute Gasteiger partial charge is 0.267 e. The van der Waals surface area contributed by atoms with Crippen molar-refractivity contribution in [2.45, 2.75) is 37.4 Å². The van der Waals surface area contributed by atoms with Gasteiger partial charge in [0.25, 0.3) is 5.92 Å². The van der Waals surface area contributed by atoms with Gasteiger partial charge in [-0.1, -0.05) is 0 Å². The Kier molecular flexibility index (Phi) is 1.50. The maximum Gasteiger partial charge on any atom is 0.267 e. The van der Waals surface area contributed by atoms with Gasteiger partial charge < -0.3 is 0 Å². The van der Waals surface area contributed by atoms with Crippen molar-refractivity contribution in [2.75, 3.05) is 13.1 Å². The fourth-order valence-corrected chi connectivity index (χ4v) is 2.33. The molecule has 0 aromatic carbocycles. The van der Waals surface area contributed by atoms with Crippen LogP contribution in [0.25, 0.3) is 0 Å². The van der Waals surface area contributed by atoms with Crippen molar-refractivity contribution in [3.8, 4) is 0 Å². The molecule has 2 rings (SSSR count). The Morgan fingerprint density at radius 3 is 2.67 bits per heavy atom. The molecular formula is C8H12F3N. The molecule has 0 amide bonds. The highest BCUT2D eigenvalue weighted by molar-refractivity contribution is 5.10. The molecule has 2 saturated heterocycles. The molecule has 2 aliphatic rings. The molecule has 0 saturated carbocycles. The van der Waals surface area contributed by atoms with E-state index in [0.29, 0.717) is 6.54 Å². The molecule has 70 valence electrons. The molecule has 0 bridgehead atoms. The highest BCUT2D eigenvalue weighted by atomic mass is 19.3. The van der Waals surface area contributed by atoms with Crippen LogP contribution in [0, 0.1) is 0 Å². The zero-order chi connectivity index (χ0) is 8.98. The summed E-state index contributed by atoms with van der Waals surface area (Å²) in [5.74, 6) is -2.70. The van der Waals surface area contributed by atoms with Crippen molar-refractivity contribution in [1.82, 2.24) is 4.90 Å². The Bertz CT molecular complexity index is 206. The average molecular weight is 179 g/mol. The van der Waals surface area contributed by atoms with E-state index in [9.17, 15) is 13.2 Å². The van der Waals surface area contributed by atoms with Gasteiger partial charge in [-0.15, -0.1) is 0 Å². The zero-order valence-corrected chi connectivity index (χ0v) is 6.99. The lowest BCUT2D eigenvalue weighted by Crippen LogP contribution is -2.46. The molecule has 12 heavy (non-hydrogen) atoms. The van der Waals surface area contributed by atoms with Crippen LogP contribution in [-0.4, -0.2) is 35.6 Å². The van der Waals surface area contributed by atoms with Crippen LogP contribution < -0.4 is 0 Å². The van der Waals surface area contributed by atoms with Crippen LogP contribution >= 0.6 is 0 Å². The first-order valence-electron chi connectivity index (χ1n) is 4.23. The lowest BCUT2D eigenvalue weighted by Gasteiger charge is -2.31. The van der Waals surface area contributed by atoms with Crippen molar-refractivity contribution in [3.63, 3.8) is 0 Å². The summed E-state index contributed by atoms with van der Waals surface area (Å²) in [6.07, 6.45) is -1.20. The second-order valence-electron chi connectivity index (χ2n) is 3.98. The second kappa shape index (κ2) is 2.16. The largest absolute Gasteiger partial charge is 0.289 e. The van der Waals surface area contributed by atoms with Gasteiger partial charge in [-0.2, -0.15) is 0 Å². The minimum atomic E-state index is -2.70. The van der Waals surface area contributed by atoms with E-state index in [2.05, 4.69) is 0 Å². The topological polar surface area (TPSA) is 3.24 Å². The summed E-state index contributed by atoms with van der Waals surface area (Å²) >= 11 is 0. The fraction of sp³-hybridized carbons (Fsp3) is 1.00. The molecule has 0 radical (unpaired) electrons. The highest BCUT2D eigenvalue weighted by Crippen LogP contribution is 2.49. The van der Waals surface area contributed by atoms with E-state index in [4.69, 9.17) is 0 Å². The van der Waals surface area contributed by atoms with Gasteiger partial charge in [0, 0.05) is 25.9 Å². The number of rotatable bonds is 0. The maximum absolute atomic E-state index is 13.2. The second-order valence-corrected chi connectivity index (χ2v) is 3.98. The normalized spacial score (nSPS) is 46.5. The van der Waals surface area contributed by atoms with Gasteiger partial charge in [-0.05, 0) is 6.92 Å². The molecule has 1 nitrogen and oxygen atoms in total. The first kappa shape index (κ1) is 8.35. The molecule has 0 aromatic heterocycles. The molecule has 4 heteroatoms. The Morgan fingerprint density at radius 2 is 2.08 bits per heavy atom. The number of hydrogen-bond donors (Lipinski definition) is 0. The van der Waals surface area contributed by atoms with E-state index in [1.54, 1.807) is 4.90 Å². The predicted molar refractivity (Wildman–Crippen MR) is 39.1 cm³/mol. The zero-order valence-electron chi connectivity index (χ0n) is 6.99. The van der Waals surface area contributed by atoms with E-state index in [0.717, 1.165) is 0 Å². The average Bonchev–Trinajstić information content (AvgIpc) is 2.31. The van der Waals surface area contributed by atoms with Crippen LogP contribution in [0.15, 0.2) is 0 Å². The maximum atomic E-state index is 13.2. The van der Waals surface area contributed by atoms with Crippen molar-refractivity contribution in [2.24, 2.45) is 0 Å². The third kappa shape index (κ3) is 0.843. The summed E-state index contributed by atoms with van der Waals surface area (Å²) < 4.78 is 39.4. The number of alkyl halides is 3. The van der Waals surface area contributed by atoms with Gasteiger partial charge in [0.05, 0.1) is 5.54 Å². The lowest BCUT2D eigenvalue weighted by atomic mass is 9.92. The summed E-state index contributed by atoms with van der Waals surface area (Å²) in [6.45, 7) is 2.00.